The van der Waals surface area contributed by atoms with Crippen molar-refractivity contribution >= 4 is 5.91 Å². The quantitative estimate of drug-likeness (QED) is 0.911. The molecular formula is C16H18N2O2. The van der Waals surface area contributed by atoms with Gasteiger partial charge in [0.2, 0.25) is 0 Å². The van der Waals surface area contributed by atoms with Gasteiger partial charge in [-0.05, 0) is 42.3 Å². The molecule has 1 aromatic heterocycles. The number of aromatic nitrogens is 1. The number of carbonyl (C=O) groups is 1. The molecule has 1 amide bonds. The van der Waals surface area contributed by atoms with Gasteiger partial charge in [0.05, 0.1) is 7.11 Å². The van der Waals surface area contributed by atoms with Crippen molar-refractivity contribution < 1.29 is 9.53 Å². The van der Waals surface area contributed by atoms with Crippen LogP contribution in [0.3, 0.4) is 0 Å². The number of hydrogen-bond acceptors (Lipinski definition) is 2. The number of rotatable bonds is 2. The van der Waals surface area contributed by atoms with Gasteiger partial charge in [0, 0.05) is 37.0 Å². The van der Waals surface area contributed by atoms with Gasteiger partial charge >= 0.3 is 0 Å². The Kier molecular flexibility index (Phi) is 3.22. The van der Waals surface area contributed by atoms with Gasteiger partial charge in [0.15, 0.2) is 0 Å². The maximum atomic E-state index is 12.6. The van der Waals surface area contributed by atoms with Crippen molar-refractivity contribution in [1.29, 1.82) is 0 Å². The second-order valence-corrected chi connectivity index (χ2v) is 5.14. The van der Waals surface area contributed by atoms with Crippen LogP contribution in [0.2, 0.25) is 0 Å². The summed E-state index contributed by atoms with van der Waals surface area (Å²) in [4.78, 5) is 17.7. The molecule has 2 heterocycles. The highest BCUT2D eigenvalue weighted by atomic mass is 16.5. The summed E-state index contributed by atoms with van der Waals surface area (Å²) in [5.41, 5.74) is 4.18. The number of carbonyl (C=O) groups excluding carboxylic acids is 1. The molecule has 1 aliphatic rings. The Bertz CT molecular complexity index is 646. The zero-order valence-electron chi connectivity index (χ0n) is 11.8. The summed E-state index contributed by atoms with van der Waals surface area (Å²) >= 11 is 0. The molecular weight excluding hydrogens is 252 g/mol. The van der Waals surface area contributed by atoms with Crippen molar-refractivity contribution in [2.24, 2.45) is 0 Å². The Morgan fingerprint density at radius 1 is 1.35 bits per heavy atom. The van der Waals surface area contributed by atoms with Gasteiger partial charge in [-0.15, -0.1) is 0 Å². The van der Waals surface area contributed by atoms with E-state index in [0.29, 0.717) is 6.54 Å². The van der Waals surface area contributed by atoms with E-state index < -0.39 is 0 Å². The third-order valence-electron chi connectivity index (χ3n) is 3.85. The molecule has 1 N–H and O–H groups in total. The third kappa shape index (κ3) is 2.18. The minimum atomic E-state index is 0.0857. The van der Waals surface area contributed by atoms with Gasteiger partial charge in [-0.25, -0.2) is 0 Å². The molecule has 0 aliphatic carbocycles. The number of nitrogens with one attached hydrogen (secondary N) is 1. The first kappa shape index (κ1) is 12.8. The molecule has 0 unspecified atom stereocenters. The van der Waals surface area contributed by atoms with Crippen molar-refractivity contribution in [3.63, 3.8) is 0 Å². The van der Waals surface area contributed by atoms with Crippen molar-refractivity contribution in [3.8, 4) is 5.75 Å². The zero-order chi connectivity index (χ0) is 14.1. The summed E-state index contributed by atoms with van der Waals surface area (Å²) in [6, 6.07) is 7.64. The molecule has 0 saturated heterocycles. The Morgan fingerprint density at radius 2 is 2.20 bits per heavy atom. The largest absolute Gasteiger partial charge is 0.496 e. The number of H-pyrrole nitrogens is 1. The first-order valence-corrected chi connectivity index (χ1v) is 6.78. The summed E-state index contributed by atoms with van der Waals surface area (Å²) in [6.07, 6.45) is 2.83. The number of aromatic amines is 1. The maximum absolute atomic E-state index is 12.6. The summed E-state index contributed by atoms with van der Waals surface area (Å²) in [7, 11) is 1.64. The Hall–Kier alpha value is -2.23. The Labute approximate surface area is 118 Å². The van der Waals surface area contributed by atoms with E-state index in [2.05, 4.69) is 4.98 Å². The van der Waals surface area contributed by atoms with Gasteiger partial charge in [-0.3, -0.25) is 4.79 Å². The highest BCUT2D eigenvalue weighted by molar-refractivity contribution is 5.94. The lowest BCUT2D eigenvalue weighted by Gasteiger charge is -2.27. The monoisotopic (exact) mass is 270 g/mol. The minimum Gasteiger partial charge on any atom is -0.496 e. The molecule has 2 aromatic rings. The standard InChI is InChI=1S/C16H18N2O2/c1-11-9-12(3-4-15(11)20-2)16(19)18-8-6-14-13(10-18)5-7-17-14/h3-5,7,9,17H,6,8,10H2,1-2H3. The molecule has 1 aromatic carbocycles. The lowest BCUT2D eigenvalue weighted by Crippen LogP contribution is -2.35. The van der Waals surface area contributed by atoms with E-state index in [-0.39, 0.29) is 5.91 Å². The van der Waals surface area contributed by atoms with Crippen LogP contribution in [0.25, 0.3) is 0 Å². The Morgan fingerprint density at radius 3 is 2.95 bits per heavy atom. The minimum absolute atomic E-state index is 0.0857. The molecule has 1 aliphatic heterocycles. The fourth-order valence-corrected chi connectivity index (χ4v) is 2.72. The molecule has 0 radical (unpaired) electrons. The van der Waals surface area contributed by atoms with Crippen LogP contribution in [-0.2, 0) is 13.0 Å². The average molecular weight is 270 g/mol. The summed E-state index contributed by atoms with van der Waals surface area (Å²) in [5, 5.41) is 0. The van der Waals surface area contributed by atoms with Gasteiger partial charge in [0.25, 0.3) is 5.91 Å². The van der Waals surface area contributed by atoms with Crippen LogP contribution >= 0.6 is 0 Å². The fourth-order valence-electron chi connectivity index (χ4n) is 2.72. The highest BCUT2D eigenvalue weighted by Gasteiger charge is 2.22. The van der Waals surface area contributed by atoms with Crippen molar-refractivity contribution in [2.45, 2.75) is 19.9 Å². The smallest absolute Gasteiger partial charge is 0.254 e. The first-order chi connectivity index (χ1) is 9.69. The normalized spacial score (nSPS) is 14.0. The van der Waals surface area contributed by atoms with E-state index >= 15 is 0 Å². The van der Waals surface area contributed by atoms with Gasteiger partial charge in [-0.2, -0.15) is 0 Å². The van der Waals surface area contributed by atoms with Crippen LogP contribution in [0.4, 0.5) is 0 Å². The second-order valence-electron chi connectivity index (χ2n) is 5.14. The molecule has 3 rings (SSSR count). The maximum Gasteiger partial charge on any atom is 0.254 e. The summed E-state index contributed by atoms with van der Waals surface area (Å²) < 4.78 is 5.23. The van der Waals surface area contributed by atoms with E-state index in [9.17, 15) is 4.79 Å². The van der Waals surface area contributed by atoms with E-state index in [1.165, 1.54) is 11.3 Å². The lowest BCUT2D eigenvalue weighted by molar-refractivity contribution is 0.0734. The predicted molar refractivity (Wildman–Crippen MR) is 77.0 cm³/mol. The van der Waals surface area contributed by atoms with Crippen molar-refractivity contribution in [3.05, 3.63) is 52.8 Å². The SMILES string of the molecule is COc1ccc(C(=O)N2CCc3[nH]ccc3C2)cc1C. The van der Waals surface area contributed by atoms with Gasteiger partial charge in [0.1, 0.15) is 5.75 Å². The number of nitrogens with zero attached hydrogens (tertiary/aromatic N) is 1. The first-order valence-electron chi connectivity index (χ1n) is 6.78. The molecule has 0 spiro atoms. The molecule has 20 heavy (non-hydrogen) atoms. The van der Waals surface area contributed by atoms with E-state index in [0.717, 1.165) is 29.8 Å². The van der Waals surface area contributed by atoms with Crippen LogP contribution in [0, 0.1) is 6.92 Å². The van der Waals surface area contributed by atoms with E-state index in [1.54, 1.807) is 7.11 Å². The second kappa shape index (κ2) is 5.04. The molecule has 0 fully saturated rings. The highest BCUT2D eigenvalue weighted by Crippen LogP contribution is 2.22. The molecule has 104 valence electrons. The number of amides is 1. The molecule has 0 bridgehead atoms. The Balaban J connectivity index is 1.81. The fraction of sp³-hybridized carbons (Fsp3) is 0.312. The van der Waals surface area contributed by atoms with Crippen LogP contribution in [-0.4, -0.2) is 29.4 Å². The number of hydrogen-bond donors (Lipinski definition) is 1. The van der Waals surface area contributed by atoms with Crippen LogP contribution in [0.15, 0.2) is 30.5 Å². The topological polar surface area (TPSA) is 45.3 Å². The van der Waals surface area contributed by atoms with Crippen LogP contribution in [0.1, 0.15) is 27.2 Å². The summed E-state index contributed by atoms with van der Waals surface area (Å²) in [5.74, 6) is 0.899. The van der Waals surface area contributed by atoms with Gasteiger partial charge < -0.3 is 14.6 Å². The number of benzene rings is 1. The van der Waals surface area contributed by atoms with Crippen LogP contribution in [0.5, 0.6) is 5.75 Å². The predicted octanol–water partition coefficient (Wildman–Crippen LogP) is 2.53. The average Bonchev–Trinajstić information content (AvgIpc) is 2.93. The van der Waals surface area contributed by atoms with Crippen molar-refractivity contribution in [2.75, 3.05) is 13.7 Å². The van der Waals surface area contributed by atoms with E-state index in [1.807, 2.05) is 42.3 Å². The van der Waals surface area contributed by atoms with Crippen LogP contribution < -0.4 is 4.74 Å². The summed E-state index contributed by atoms with van der Waals surface area (Å²) in [6.45, 7) is 3.40. The molecule has 4 nitrogen and oxygen atoms in total. The number of ether oxygens (including phenoxy) is 1. The third-order valence-corrected chi connectivity index (χ3v) is 3.85. The number of methoxy groups -OCH3 is 1. The number of fused-ring (bicyclic) bond motifs is 1. The number of aryl methyl sites for hydroxylation is 1. The van der Waals surface area contributed by atoms with Gasteiger partial charge in [-0.1, -0.05) is 0 Å². The molecule has 4 heteroatoms. The molecule has 0 atom stereocenters. The van der Waals surface area contributed by atoms with Crippen molar-refractivity contribution in [1.82, 2.24) is 9.88 Å². The zero-order valence-corrected chi connectivity index (χ0v) is 11.8. The molecule has 0 saturated carbocycles. The van der Waals surface area contributed by atoms with E-state index in [4.69, 9.17) is 4.74 Å². The lowest BCUT2D eigenvalue weighted by atomic mass is 10.1.